The van der Waals surface area contributed by atoms with Crippen LogP contribution in [0.1, 0.15) is 6.92 Å². The summed E-state index contributed by atoms with van der Waals surface area (Å²) < 4.78 is 0.758. The molecule has 17 heavy (non-hydrogen) atoms. The van der Waals surface area contributed by atoms with Gasteiger partial charge in [-0.2, -0.15) is 0 Å². The molecule has 1 rings (SSSR count). The van der Waals surface area contributed by atoms with Gasteiger partial charge in [0.1, 0.15) is 11.3 Å². The zero-order chi connectivity index (χ0) is 13.1. The number of benzene rings is 1. The Labute approximate surface area is 112 Å². The van der Waals surface area contributed by atoms with E-state index < -0.39 is 17.1 Å². The molecule has 0 saturated heterocycles. The van der Waals surface area contributed by atoms with Crippen LogP contribution in [0.3, 0.4) is 0 Å². The third-order valence-corrected chi connectivity index (χ3v) is 2.83. The van der Waals surface area contributed by atoms with Gasteiger partial charge in [-0.3, -0.25) is 10.1 Å². The van der Waals surface area contributed by atoms with Gasteiger partial charge in [0.2, 0.25) is 0 Å². The van der Waals surface area contributed by atoms with Crippen molar-refractivity contribution < 1.29 is 15.1 Å². The number of anilines is 1. The summed E-state index contributed by atoms with van der Waals surface area (Å²) in [6.45, 7) is 1.06. The topological polar surface area (TPSA) is 95.6 Å². The number of hydrogen-bond donors (Lipinski definition) is 3. The van der Waals surface area contributed by atoms with E-state index in [1.807, 2.05) is 22.6 Å². The summed E-state index contributed by atoms with van der Waals surface area (Å²) in [6, 6.07) is 4.74. The lowest BCUT2D eigenvalue weighted by Crippen LogP contribution is -2.37. The molecule has 1 aromatic carbocycles. The van der Waals surface area contributed by atoms with Gasteiger partial charge in [0.05, 0.1) is 11.5 Å². The molecule has 0 aliphatic rings. The maximum atomic E-state index is 10.8. The van der Waals surface area contributed by atoms with Crippen molar-refractivity contribution in [2.45, 2.75) is 12.5 Å². The van der Waals surface area contributed by atoms with Crippen molar-refractivity contribution in [3.05, 3.63) is 31.9 Å². The minimum Gasteiger partial charge on any atom is -0.393 e. The lowest BCUT2D eigenvalue weighted by atomic mass is 10.1. The molecule has 7 heteroatoms. The number of nitro benzene ring substituents is 1. The smallest absolute Gasteiger partial charge is 0.293 e. The Kier molecular flexibility index (Phi) is 4.66. The van der Waals surface area contributed by atoms with Gasteiger partial charge in [0.25, 0.3) is 5.69 Å². The van der Waals surface area contributed by atoms with E-state index in [1.165, 1.54) is 13.0 Å². The molecule has 1 atom stereocenters. The predicted octanol–water partition coefficient (Wildman–Crippen LogP) is 1.35. The van der Waals surface area contributed by atoms with E-state index in [9.17, 15) is 15.2 Å². The quantitative estimate of drug-likeness (QED) is 0.423. The first kappa shape index (κ1) is 14.1. The van der Waals surface area contributed by atoms with Gasteiger partial charge in [-0.25, -0.2) is 0 Å². The molecule has 6 nitrogen and oxygen atoms in total. The predicted molar refractivity (Wildman–Crippen MR) is 72.0 cm³/mol. The number of aliphatic hydroxyl groups excluding tert-OH is 1. The second kappa shape index (κ2) is 5.61. The Balaban J connectivity index is 2.88. The summed E-state index contributed by atoms with van der Waals surface area (Å²) in [4.78, 5) is 10.3. The van der Waals surface area contributed by atoms with Crippen LogP contribution in [0, 0.1) is 13.7 Å². The van der Waals surface area contributed by atoms with Crippen LogP contribution in [-0.2, 0) is 0 Å². The molecule has 0 bridgehead atoms. The van der Waals surface area contributed by atoms with E-state index in [4.69, 9.17) is 5.11 Å². The number of nitro groups is 1. The van der Waals surface area contributed by atoms with Crippen LogP contribution in [0.2, 0.25) is 0 Å². The molecule has 1 unspecified atom stereocenters. The van der Waals surface area contributed by atoms with Crippen LogP contribution < -0.4 is 5.32 Å². The Morgan fingerprint density at radius 3 is 2.76 bits per heavy atom. The van der Waals surface area contributed by atoms with Crippen molar-refractivity contribution in [2.75, 3.05) is 18.5 Å². The van der Waals surface area contributed by atoms with Crippen LogP contribution in [0.25, 0.3) is 0 Å². The number of aliphatic hydroxyl groups is 2. The summed E-state index contributed by atoms with van der Waals surface area (Å²) in [6.07, 6.45) is 0. The zero-order valence-electron chi connectivity index (χ0n) is 9.18. The highest BCUT2D eigenvalue weighted by Gasteiger charge is 2.21. The molecule has 0 amide bonds. The maximum Gasteiger partial charge on any atom is 0.293 e. The first-order valence-corrected chi connectivity index (χ1v) is 5.95. The van der Waals surface area contributed by atoms with Crippen molar-refractivity contribution in [2.24, 2.45) is 0 Å². The van der Waals surface area contributed by atoms with Gasteiger partial charge in [-0.1, -0.05) is 0 Å². The number of halogens is 1. The van der Waals surface area contributed by atoms with Crippen LogP contribution in [0.5, 0.6) is 0 Å². The molecule has 0 fully saturated rings. The number of hydrogen-bond acceptors (Lipinski definition) is 5. The van der Waals surface area contributed by atoms with E-state index in [2.05, 4.69) is 5.32 Å². The van der Waals surface area contributed by atoms with Crippen LogP contribution in [0.15, 0.2) is 18.2 Å². The second-order valence-electron chi connectivity index (χ2n) is 3.93. The van der Waals surface area contributed by atoms with E-state index in [0.29, 0.717) is 5.69 Å². The van der Waals surface area contributed by atoms with Gasteiger partial charge in [-0.15, -0.1) is 0 Å². The van der Waals surface area contributed by atoms with Crippen molar-refractivity contribution in [1.29, 1.82) is 0 Å². The fourth-order valence-corrected chi connectivity index (χ4v) is 1.62. The third-order valence-electron chi connectivity index (χ3n) is 2.16. The molecule has 0 aromatic heterocycles. The number of rotatable bonds is 5. The van der Waals surface area contributed by atoms with Crippen LogP contribution in [-0.4, -0.2) is 33.9 Å². The summed E-state index contributed by atoms with van der Waals surface area (Å²) >= 11 is 1.99. The SMILES string of the molecule is CC(O)(CO)CNc1ccc(I)cc1[N+](=O)[O-]. The third kappa shape index (κ3) is 4.10. The Morgan fingerprint density at radius 1 is 1.59 bits per heavy atom. The molecular formula is C10H13IN2O4. The molecule has 0 heterocycles. The van der Waals surface area contributed by atoms with E-state index in [1.54, 1.807) is 12.1 Å². The zero-order valence-corrected chi connectivity index (χ0v) is 11.3. The summed E-state index contributed by atoms with van der Waals surface area (Å²) in [7, 11) is 0. The molecule has 0 spiro atoms. The minimum atomic E-state index is -1.31. The number of nitrogens with zero attached hydrogens (tertiary/aromatic N) is 1. The lowest BCUT2D eigenvalue weighted by molar-refractivity contribution is -0.384. The summed E-state index contributed by atoms with van der Waals surface area (Å²) in [5, 5.41) is 32.0. The van der Waals surface area contributed by atoms with Crippen LogP contribution >= 0.6 is 22.6 Å². The minimum absolute atomic E-state index is 0.0327. The largest absolute Gasteiger partial charge is 0.393 e. The first-order valence-electron chi connectivity index (χ1n) is 4.87. The fraction of sp³-hybridized carbons (Fsp3) is 0.400. The Morgan fingerprint density at radius 2 is 2.24 bits per heavy atom. The van der Waals surface area contributed by atoms with Gasteiger partial charge >= 0.3 is 0 Å². The molecule has 1 aromatic rings. The first-order chi connectivity index (χ1) is 7.85. The van der Waals surface area contributed by atoms with E-state index >= 15 is 0 Å². The molecule has 94 valence electrons. The molecule has 0 aliphatic carbocycles. The van der Waals surface area contributed by atoms with Gasteiger partial charge in [0, 0.05) is 16.2 Å². The van der Waals surface area contributed by atoms with Gasteiger partial charge in [0.15, 0.2) is 0 Å². The highest BCUT2D eigenvalue weighted by atomic mass is 127. The van der Waals surface area contributed by atoms with Crippen molar-refractivity contribution in [3.63, 3.8) is 0 Å². The Hall–Kier alpha value is -0.930. The van der Waals surface area contributed by atoms with Gasteiger partial charge < -0.3 is 15.5 Å². The highest BCUT2D eigenvalue weighted by molar-refractivity contribution is 14.1. The van der Waals surface area contributed by atoms with Crippen molar-refractivity contribution in [1.82, 2.24) is 0 Å². The van der Waals surface area contributed by atoms with Crippen molar-refractivity contribution in [3.8, 4) is 0 Å². The average Bonchev–Trinajstić information content (AvgIpc) is 2.27. The number of nitrogens with one attached hydrogen (secondary N) is 1. The van der Waals surface area contributed by atoms with E-state index in [-0.39, 0.29) is 12.2 Å². The average molecular weight is 352 g/mol. The molecule has 3 N–H and O–H groups in total. The maximum absolute atomic E-state index is 10.8. The molecule has 0 radical (unpaired) electrons. The Bertz CT molecular complexity index is 423. The monoisotopic (exact) mass is 352 g/mol. The summed E-state index contributed by atoms with van der Waals surface area (Å²) in [5.41, 5.74) is -1.04. The normalized spacial score (nSPS) is 14.1. The fourth-order valence-electron chi connectivity index (χ4n) is 1.15. The molecule has 0 saturated carbocycles. The molecular weight excluding hydrogens is 339 g/mol. The second-order valence-corrected chi connectivity index (χ2v) is 5.17. The van der Waals surface area contributed by atoms with Gasteiger partial charge in [-0.05, 0) is 41.6 Å². The summed E-state index contributed by atoms with van der Waals surface area (Å²) in [5.74, 6) is 0. The van der Waals surface area contributed by atoms with Crippen LogP contribution in [0.4, 0.5) is 11.4 Å². The molecule has 0 aliphatic heterocycles. The lowest BCUT2D eigenvalue weighted by Gasteiger charge is -2.21. The van der Waals surface area contributed by atoms with E-state index in [0.717, 1.165) is 3.57 Å². The highest BCUT2D eigenvalue weighted by Crippen LogP contribution is 2.26. The van der Waals surface area contributed by atoms with Crippen molar-refractivity contribution >= 4 is 34.0 Å². The standard InChI is InChI=1S/C10H13IN2O4/c1-10(15,6-14)5-12-8-3-2-7(11)4-9(8)13(16)17/h2-4,12,14-15H,5-6H2,1H3.